The average Bonchev–Trinajstić information content (AvgIpc) is 3.45. The Morgan fingerprint density at radius 2 is 1.97 bits per heavy atom. The maximum atomic E-state index is 12.5. The molecule has 180 valence electrons. The summed E-state index contributed by atoms with van der Waals surface area (Å²) in [6.45, 7) is 4.52. The Labute approximate surface area is 221 Å². The van der Waals surface area contributed by atoms with Crippen molar-refractivity contribution in [3.63, 3.8) is 0 Å². The number of allylic oxidation sites excluding steroid dienone is 1. The molecule has 0 aliphatic heterocycles. The van der Waals surface area contributed by atoms with Crippen molar-refractivity contribution in [3.8, 4) is 5.75 Å². The molecule has 11 heteroatoms. The molecule has 0 aliphatic rings. The lowest BCUT2D eigenvalue weighted by Crippen LogP contribution is -2.14. The van der Waals surface area contributed by atoms with E-state index in [1.807, 2.05) is 28.8 Å². The SMILES string of the molecule is C=CCn1c(COc2ccc(Cl)cc2)nnc1SCC(=O)Nc1ncc(Cc2ccccc2Cl)s1. The Morgan fingerprint density at radius 3 is 2.74 bits per heavy atom. The molecule has 1 N–H and O–H groups in total. The van der Waals surface area contributed by atoms with Gasteiger partial charge < -0.3 is 10.1 Å². The topological polar surface area (TPSA) is 81.9 Å². The number of carbonyl (C=O) groups excluding carboxylic acids is 1. The lowest BCUT2D eigenvalue weighted by atomic mass is 10.1. The molecular weight excluding hydrogens is 525 g/mol. The van der Waals surface area contributed by atoms with Gasteiger partial charge in [0.05, 0.1) is 5.75 Å². The summed E-state index contributed by atoms with van der Waals surface area (Å²) in [6.07, 6.45) is 4.16. The molecular formula is C24H21Cl2N5O2S2. The second-order valence-electron chi connectivity index (χ2n) is 7.28. The first-order chi connectivity index (χ1) is 17.0. The van der Waals surface area contributed by atoms with Gasteiger partial charge in [0.2, 0.25) is 5.91 Å². The fourth-order valence-electron chi connectivity index (χ4n) is 3.09. The summed E-state index contributed by atoms with van der Waals surface area (Å²) in [6, 6.07) is 14.8. The molecule has 4 aromatic rings. The number of nitrogens with zero attached hydrogens (tertiary/aromatic N) is 4. The van der Waals surface area contributed by atoms with E-state index in [0.29, 0.717) is 44.9 Å². The molecule has 0 spiro atoms. The molecule has 0 bridgehead atoms. The first kappa shape index (κ1) is 25.2. The molecule has 35 heavy (non-hydrogen) atoms. The van der Waals surface area contributed by atoms with E-state index in [2.05, 4.69) is 27.1 Å². The van der Waals surface area contributed by atoms with Gasteiger partial charge in [-0.2, -0.15) is 0 Å². The minimum Gasteiger partial charge on any atom is -0.486 e. The van der Waals surface area contributed by atoms with Crippen molar-refractivity contribution in [2.75, 3.05) is 11.1 Å². The van der Waals surface area contributed by atoms with Gasteiger partial charge in [0.15, 0.2) is 16.1 Å². The van der Waals surface area contributed by atoms with Crippen molar-refractivity contribution in [1.29, 1.82) is 0 Å². The Hall–Kier alpha value is -2.85. The minimum absolute atomic E-state index is 0.159. The first-order valence-corrected chi connectivity index (χ1v) is 13.1. The predicted molar refractivity (Wildman–Crippen MR) is 142 cm³/mol. The number of aromatic nitrogens is 4. The fourth-order valence-corrected chi connectivity index (χ4v) is 5.03. The molecule has 4 rings (SSSR count). The van der Waals surface area contributed by atoms with Gasteiger partial charge in [0, 0.05) is 34.1 Å². The minimum atomic E-state index is -0.180. The van der Waals surface area contributed by atoms with E-state index < -0.39 is 0 Å². The van der Waals surface area contributed by atoms with Crippen LogP contribution in [0.15, 0.2) is 72.5 Å². The van der Waals surface area contributed by atoms with Crippen LogP contribution in [0, 0.1) is 0 Å². The third kappa shape index (κ3) is 7.08. The van der Waals surface area contributed by atoms with Crippen molar-refractivity contribution in [1.82, 2.24) is 19.7 Å². The molecule has 2 aromatic heterocycles. The average molecular weight is 547 g/mol. The van der Waals surface area contributed by atoms with Crippen molar-refractivity contribution in [2.45, 2.75) is 24.7 Å². The number of ether oxygens (including phenoxy) is 1. The third-order valence-corrected chi connectivity index (χ3v) is 7.24. The Morgan fingerprint density at radius 1 is 1.17 bits per heavy atom. The van der Waals surface area contributed by atoms with E-state index in [4.69, 9.17) is 27.9 Å². The molecule has 0 radical (unpaired) electrons. The number of thioether (sulfide) groups is 1. The van der Waals surface area contributed by atoms with Crippen molar-refractivity contribution < 1.29 is 9.53 Å². The molecule has 2 heterocycles. The normalized spacial score (nSPS) is 10.8. The monoisotopic (exact) mass is 545 g/mol. The fraction of sp³-hybridized carbons (Fsp3) is 0.167. The number of hydrogen-bond donors (Lipinski definition) is 1. The zero-order chi connectivity index (χ0) is 24.6. The highest BCUT2D eigenvalue weighted by Crippen LogP contribution is 2.25. The molecule has 0 saturated heterocycles. The van der Waals surface area contributed by atoms with Gasteiger partial charge in [-0.15, -0.1) is 28.1 Å². The lowest BCUT2D eigenvalue weighted by molar-refractivity contribution is -0.113. The summed E-state index contributed by atoms with van der Waals surface area (Å²) in [5, 5.41) is 13.8. The van der Waals surface area contributed by atoms with Crippen molar-refractivity contribution in [3.05, 3.63) is 93.7 Å². The molecule has 2 aromatic carbocycles. The highest BCUT2D eigenvalue weighted by molar-refractivity contribution is 7.99. The van der Waals surface area contributed by atoms with E-state index in [0.717, 1.165) is 10.4 Å². The summed E-state index contributed by atoms with van der Waals surface area (Å²) < 4.78 is 7.65. The van der Waals surface area contributed by atoms with Gasteiger partial charge in [-0.3, -0.25) is 9.36 Å². The number of anilines is 1. The molecule has 0 saturated carbocycles. The highest BCUT2D eigenvalue weighted by Gasteiger charge is 2.15. The van der Waals surface area contributed by atoms with Gasteiger partial charge in [-0.1, -0.05) is 59.2 Å². The lowest BCUT2D eigenvalue weighted by Gasteiger charge is -2.09. The van der Waals surface area contributed by atoms with Crippen LogP contribution in [0.5, 0.6) is 5.75 Å². The van der Waals surface area contributed by atoms with E-state index in [1.165, 1.54) is 23.1 Å². The van der Waals surface area contributed by atoms with Crippen molar-refractivity contribution >= 4 is 57.3 Å². The van der Waals surface area contributed by atoms with Crippen LogP contribution in [0.3, 0.4) is 0 Å². The summed E-state index contributed by atoms with van der Waals surface area (Å²) in [5.74, 6) is 1.29. The van der Waals surface area contributed by atoms with Crippen LogP contribution in [0.1, 0.15) is 16.3 Å². The zero-order valence-electron chi connectivity index (χ0n) is 18.5. The maximum Gasteiger partial charge on any atom is 0.236 e. The number of carbonyl (C=O) groups is 1. The third-order valence-electron chi connectivity index (χ3n) is 4.74. The molecule has 0 atom stereocenters. The number of halogens is 2. The summed E-state index contributed by atoms with van der Waals surface area (Å²) in [4.78, 5) is 17.8. The number of rotatable bonds is 11. The van der Waals surface area contributed by atoms with Crippen LogP contribution in [-0.2, 0) is 24.4 Å². The van der Waals surface area contributed by atoms with E-state index >= 15 is 0 Å². The quantitative estimate of drug-likeness (QED) is 0.180. The molecule has 0 aliphatic carbocycles. The number of amides is 1. The van der Waals surface area contributed by atoms with Gasteiger partial charge in [-0.05, 0) is 35.9 Å². The van der Waals surface area contributed by atoms with Crippen LogP contribution in [0.2, 0.25) is 10.0 Å². The Kier molecular flexibility index (Phi) is 8.81. The van der Waals surface area contributed by atoms with E-state index in [1.54, 1.807) is 36.5 Å². The van der Waals surface area contributed by atoms with Crippen LogP contribution in [0.25, 0.3) is 0 Å². The van der Waals surface area contributed by atoms with Crippen LogP contribution < -0.4 is 10.1 Å². The molecule has 0 unspecified atom stereocenters. The molecule has 1 amide bonds. The predicted octanol–water partition coefficient (Wildman–Crippen LogP) is 6.13. The van der Waals surface area contributed by atoms with Crippen LogP contribution in [0.4, 0.5) is 5.13 Å². The molecule has 0 fully saturated rings. The number of nitrogens with one attached hydrogen (secondary N) is 1. The van der Waals surface area contributed by atoms with Crippen LogP contribution in [-0.4, -0.2) is 31.4 Å². The van der Waals surface area contributed by atoms with Gasteiger partial charge >= 0.3 is 0 Å². The van der Waals surface area contributed by atoms with E-state index in [9.17, 15) is 4.79 Å². The summed E-state index contributed by atoms with van der Waals surface area (Å²) >= 11 is 14.9. The van der Waals surface area contributed by atoms with Crippen LogP contribution >= 0.6 is 46.3 Å². The highest BCUT2D eigenvalue weighted by atomic mass is 35.5. The maximum absolute atomic E-state index is 12.5. The smallest absolute Gasteiger partial charge is 0.236 e. The standard InChI is InChI=1S/C24H21Cl2N5O2S2/c1-2-11-31-21(14-33-18-9-7-17(25)8-10-18)29-30-24(31)34-15-22(32)28-23-27-13-19(35-23)12-16-5-3-4-6-20(16)26/h2-10,13H,1,11-12,14-15H2,(H,27,28,32). The second kappa shape index (κ2) is 12.2. The largest absolute Gasteiger partial charge is 0.486 e. The molecule has 7 nitrogen and oxygen atoms in total. The van der Waals surface area contributed by atoms with Gasteiger partial charge in [-0.25, -0.2) is 4.98 Å². The van der Waals surface area contributed by atoms with E-state index in [-0.39, 0.29) is 18.3 Å². The number of hydrogen-bond acceptors (Lipinski definition) is 7. The Balaban J connectivity index is 1.32. The summed E-state index contributed by atoms with van der Waals surface area (Å²) in [5.41, 5.74) is 1.02. The second-order valence-corrected chi connectivity index (χ2v) is 10.2. The number of thiazole rings is 1. The first-order valence-electron chi connectivity index (χ1n) is 10.5. The number of benzene rings is 2. The van der Waals surface area contributed by atoms with Crippen molar-refractivity contribution in [2.24, 2.45) is 0 Å². The summed E-state index contributed by atoms with van der Waals surface area (Å²) in [7, 11) is 0. The Bertz CT molecular complexity index is 1310. The van der Waals surface area contributed by atoms with Gasteiger partial charge in [0.1, 0.15) is 12.4 Å². The van der Waals surface area contributed by atoms with Gasteiger partial charge in [0.25, 0.3) is 0 Å². The zero-order valence-corrected chi connectivity index (χ0v) is 21.6.